The van der Waals surface area contributed by atoms with Gasteiger partial charge >= 0.3 is 0 Å². The average Bonchev–Trinajstić information content (AvgIpc) is 2.58. The first-order valence-electron chi connectivity index (χ1n) is 7.15. The Morgan fingerprint density at radius 1 is 1.23 bits per heavy atom. The first-order chi connectivity index (χ1) is 10.8. The molecule has 0 saturated heterocycles. The molecule has 2 heterocycles. The van der Waals surface area contributed by atoms with Gasteiger partial charge < -0.3 is 15.4 Å². The Hall–Kier alpha value is -2.47. The molecule has 0 atom stereocenters. The summed E-state index contributed by atoms with van der Waals surface area (Å²) in [4.78, 5) is 20.2. The number of hydrogen-bond donors (Lipinski definition) is 2. The lowest BCUT2D eigenvalue weighted by atomic mass is 10.2. The number of methoxy groups -OCH3 is 1. The lowest BCUT2D eigenvalue weighted by Crippen LogP contribution is -2.23. The van der Waals surface area contributed by atoms with Crippen LogP contribution >= 0.6 is 0 Å². The first-order valence-corrected chi connectivity index (χ1v) is 7.15. The monoisotopic (exact) mass is 300 g/mol. The summed E-state index contributed by atoms with van der Waals surface area (Å²) in [5, 5.41) is 6.02. The molecule has 2 aromatic rings. The second kappa shape index (κ2) is 8.74. The minimum atomic E-state index is -0.143. The molecular weight excluding hydrogens is 280 g/mol. The molecule has 0 aliphatic carbocycles. The number of pyridine rings is 2. The van der Waals surface area contributed by atoms with Gasteiger partial charge in [-0.05, 0) is 36.2 Å². The minimum Gasteiger partial charge on any atom is -0.385 e. The third-order valence-corrected chi connectivity index (χ3v) is 3.06. The molecule has 0 radical (unpaired) electrons. The van der Waals surface area contributed by atoms with Gasteiger partial charge in [0.2, 0.25) is 0 Å². The van der Waals surface area contributed by atoms with Crippen LogP contribution in [0.25, 0.3) is 0 Å². The lowest BCUT2D eigenvalue weighted by molar-refractivity contribution is 0.0950. The second-order valence-electron chi connectivity index (χ2n) is 4.74. The van der Waals surface area contributed by atoms with Gasteiger partial charge in [-0.3, -0.25) is 9.78 Å². The van der Waals surface area contributed by atoms with Gasteiger partial charge in [-0.2, -0.15) is 0 Å². The summed E-state index contributed by atoms with van der Waals surface area (Å²) >= 11 is 0. The van der Waals surface area contributed by atoms with Crippen molar-refractivity contribution in [2.45, 2.75) is 13.0 Å². The van der Waals surface area contributed by atoms with Crippen LogP contribution in [-0.4, -0.2) is 36.1 Å². The molecule has 0 bridgehead atoms. The number of aromatic nitrogens is 2. The van der Waals surface area contributed by atoms with E-state index < -0.39 is 0 Å². The van der Waals surface area contributed by atoms with Gasteiger partial charge in [0, 0.05) is 45.4 Å². The fraction of sp³-hybridized carbons (Fsp3) is 0.312. The van der Waals surface area contributed by atoms with Crippen molar-refractivity contribution in [1.29, 1.82) is 0 Å². The molecule has 6 heteroatoms. The van der Waals surface area contributed by atoms with Gasteiger partial charge in [0.1, 0.15) is 5.82 Å². The summed E-state index contributed by atoms with van der Waals surface area (Å²) < 4.78 is 4.98. The summed E-state index contributed by atoms with van der Waals surface area (Å²) in [5.74, 6) is 0.608. The molecule has 6 nitrogen and oxygen atoms in total. The highest BCUT2D eigenvalue weighted by Crippen LogP contribution is 2.05. The Bertz CT molecular complexity index is 572. The van der Waals surface area contributed by atoms with Crippen LogP contribution in [-0.2, 0) is 11.3 Å². The van der Waals surface area contributed by atoms with Crippen molar-refractivity contribution in [1.82, 2.24) is 15.3 Å². The summed E-state index contributed by atoms with van der Waals surface area (Å²) in [6.07, 6.45) is 5.88. The number of rotatable bonds is 8. The minimum absolute atomic E-state index is 0.143. The van der Waals surface area contributed by atoms with Crippen molar-refractivity contribution in [2.24, 2.45) is 0 Å². The molecule has 0 fully saturated rings. The van der Waals surface area contributed by atoms with Crippen LogP contribution in [0.1, 0.15) is 22.3 Å². The van der Waals surface area contributed by atoms with E-state index in [2.05, 4.69) is 20.6 Å². The van der Waals surface area contributed by atoms with Gasteiger partial charge in [0.15, 0.2) is 0 Å². The van der Waals surface area contributed by atoms with E-state index in [9.17, 15) is 4.79 Å². The SMILES string of the molecule is COCCCNc1ccc(C(=O)NCc2ccncc2)cn1. The molecule has 2 rings (SSSR count). The predicted molar refractivity (Wildman–Crippen MR) is 84.6 cm³/mol. The fourth-order valence-electron chi connectivity index (χ4n) is 1.85. The molecule has 0 saturated carbocycles. The molecular formula is C16H20N4O2. The zero-order valence-corrected chi connectivity index (χ0v) is 12.6. The van der Waals surface area contributed by atoms with Crippen LogP contribution in [0, 0.1) is 0 Å². The maximum absolute atomic E-state index is 12.0. The Morgan fingerprint density at radius 2 is 2.05 bits per heavy atom. The molecule has 22 heavy (non-hydrogen) atoms. The zero-order chi connectivity index (χ0) is 15.6. The number of hydrogen-bond acceptors (Lipinski definition) is 5. The number of nitrogens with one attached hydrogen (secondary N) is 2. The largest absolute Gasteiger partial charge is 0.385 e. The molecule has 1 amide bonds. The number of ether oxygens (including phenoxy) is 1. The van der Waals surface area contributed by atoms with Gasteiger partial charge in [-0.1, -0.05) is 0 Å². The van der Waals surface area contributed by atoms with E-state index >= 15 is 0 Å². The van der Waals surface area contributed by atoms with E-state index in [0.717, 1.165) is 24.3 Å². The van der Waals surface area contributed by atoms with Crippen molar-refractivity contribution >= 4 is 11.7 Å². The Labute approximate surface area is 129 Å². The molecule has 0 aliphatic heterocycles. The number of amides is 1. The number of nitrogens with zero attached hydrogens (tertiary/aromatic N) is 2. The van der Waals surface area contributed by atoms with Crippen LogP contribution in [0.3, 0.4) is 0 Å². The molecule has 2 N–H and O–H groups in total. The maximum atomic E-state index is 12.0. The van der Waals surface area contributed by atoms with Crippen molar-refractivity contribution in [3.05, 3.63) is 54.0 Å². The normalized spacial score (nSPS) is 10.2. The standard InChI is InChI=1S/C16H20N4O2/c1-22-10-2-7-18-15-4-3-14(12-19-15)16(21)20-11-13-5-8-17-9-6-13/h3-6,8-9,12H,2,7,10-11H2,1H3,(H,18,19)(H,20,21). The Morgan fingerprint density at radius 3 is 2.73 bits per heavy atom. The highest BCUT2D eigenvalue weighted by Gasteiger charge is 2.05. The van der Waals surface area contributed by atoms with E-state index in [-0.39, 0.29) is 5.91 Å². The van der Waals surface area contributed by atoms with Crippen molar-refractivity contribution in [3.8, 4) is 0 Å². The highest BCUT2D eigenvalue weighted by atomic mass is 16.5. The van der Waals surface area contributed by atoms with Crippen molar-refractivity contribution in [2.75, 3.05) is 25.6 Å². The zero-order valence-electron chi connectivity index (χ0n) is 12.6. The van der Waals surface area contributed by atoms with Gasteiger partial charge in [0.05, 0.1) is 5.56 Å². The van der Waals surface area contributed by atoms with E-state index in [1.807, 2.05) is 12.1 Å². The molecule has 0 spiro atoms. The predicted octanol–water partition coefficient (Wildman–Crippen LogP) is 1.85. The van der Waals surface area contributed by atoms with E-state index in [1.165, 1.54) is 0 Å². The molecule has 0 aliphatic rings. The smallest absolute Gasteiger partial charge is 0.253 e. The summed E-state index contributed by atoms with van der Waals surface area (Å²) in [7, 11) is 1.68. The number of anilines is 1. The Balaban J connectivity index is 1.80. The topological polar surface area (TPSA) is 76.1 Å². The number of carbonyl (C=O) groups is 1. The lowest BCUT2D eigenvalue weighted by Gasteiger charge is -2.07. The summed E-state index contributed by atoms with van der Waals surface area (Å²) in [6.45, 7) is 1.97. The fourth-order valence-corrected chi connectivity index (χ4v) is 1.85. The number of carbonyl (C=O) groups excluding carboxylic acids is 1. The summed E-state index contributed by atoms with van der Waals surface area (Å²) in [6, 6.07) is 7.29. The van der Waals surface area contributed by atoms with Crippen molar-refractivity contribution in [3.63, 3.8) is 0 Å². The summed E-state index contributed by atoms with van der Waals surface area (Å²) in [5.41, 5.74) is 1.55. The average molecular weight is 300 g/mol. The quantitative estimate of drug-likeness (QED) is 0.728. The third kappa shape index (κ3) is 5.14. The molecule has 116 valence electrons. The maximum Gasteiger partial charge on any atom is 0.253 e. The van der Waals surface area contributed by atoms with Gasteiger partial charge in [-0.15, -0.1) is 0 Å². The molecule has 2 aromatic heterocycles. The first kappa shape index (κ1) is 15.9. The molecule has 0 unspecified atom stereocenters. The van der Waals surface area contributed by atoms with Gasteiger partial charge in [-0.25, -0.2) is 4.98 Å². The van der Waals surface area contributed by atoms with Crippen LogP contribution < -0.4 is 10.6 Å². The highest BCUT2D eigenvalue weighted by molar-refractivity contribution is 5.93. The van der Waals surface area contributed by atoms with Crippen LogP contribution in [0.4, 0.5) is 5.82 Å². The van der Waals surface area contributed by atoms with E-state index in [4.69, 9.17) is 4.74 Å². The van der Waals surface area contributed by atoms with Crippen LogP contribution in [0.15, 0.2) is 42.9 Å². The Kier molecular flexibility index (Phi) is 6.32. The second-order valence-corrected chi connectivity index (χ2v) is 4.74. The van der Waals surface area contributed by atoms with Gasteiger partial charge in [0.25, 0.3) is 5.91 Å². The molecule has 0 aromatic carbocycles. The van der Waals surface area contributed by atoms with Crippen molar-refractivity contribution < 1.29 is 9.53 Å². The van der Waals surface area contributed by atoms with Crippen LogP contribution in [0.2, 0.25) is 0 Å². The van der Waals surface area contributed by atoms with E-state index in [0.29, 0.717) is 18.7 Å². The third-order valence-electron chi connectivity index (χ3n) is 3.06. The van der Waals surface area contributed by atoms with E-state index in [1.54, 1.807) is 37.8 Å². The van der Waals surface area contributed by atoms with Crippen LogP contribution in [0.5, 0.6) is 0 Å².